The van der Waals surface area contributed by atoms with Gasteiger partial charge in [0.25, 0.3) is 0 Å². The van der Waals surface area contributed by atoms with Crippen molar-refractivity contribution in [2.45, 2.75) is 6.54 Å². The van der Waals surface area contributed by atoms with Gasteiger partial charge in [0.15, 0.2) is 11.5 Å². The number of H-pyrrole nitrogens is 1. The Bertz CT molecular complexity index is 929. The summed E-state index contributed by atoms with van der Waals surface area (Å²) in [4.78, 5) is 31.3. The molecule has 0 aliphatic rings. The number of aliphatic hydroxyl groups is 1. The maximum atomic E-state index is 12.3. The van der Waals surface area contributed by atoms with Crippen LogP contribution in [0, 0.1) is 0 Å². The Kier molecular flexibility index (Phi) is 4.38. The number of carboxylic acid groups (broad SMARTS) is 1. The zero-order chi connectivity index (χ0) is 17.8. The van der Waals surface area contributed by atoms with Crippen molar-refractivity contribution in [3.8, 4) is 0 Å². The molecule has 0 saturated heterocycles. The van der Waals surface area contributed by atoms with Crippen molar-refractivity contribution < 1.29 is 19.8 Å². The number of hydrogen-bond donors (Lipinski definition) is 3. The summed E-state index contributed by atoms with van der Waals surface area (Å²) in [5.74, 6) is -2.15. The summed E-state index contributed by atoms with van der Waals surface area (Å²) in [6.45, 7) is 0.272. The molecule has 25 heavy (non-hydrogen) atoms. The molecule has 9 heteroatoms. The Hall–Kier alpha value is -3.75. The van der Waals surface area contributed by atoms with Crippen LogP contribution < -0.4 is 0 Å². The molecule has 0 atom stereocenters. The number of nitrogens with zero attached hydrogens (tertiary/aromatic N) is 4. The van der Waals surface area contributed by atoms with Crippen molar-refractivity contribution in [3.05, 3.63) is 71.8 Å². The highest BCUT2D eigenvalue weighted by atomic mass is 16.4. The van der Waals surface area contributed by atoms with Gasteiger partial charge in [0, 0.05) is 36.8 Å². The fourth-order valence-electron chi connectivity index (χ4n) is 2.24. The first-order valence-corrected chi connectivity index (χ1v) is 7.18. The summed E-state index contributed by atoms with van der Waals surface area (Å²) in [5, 5.41) is 25.2. The van der Waals surface area contributed by atoms with Gasteiger partial charge < -0.3 is 14.8 Å². The van der Waals surface area contributed by atoms with E-state index in [2.05, 4.69) is 20.2 Å². The quantitative estimate of drug-likeness (QED) is 0.352. The maximum absolute atomic E-state index is 12.3. The van der Waals surface area contributed by atoms with E-state index in [9.17, 15) is 19.8 Å². The minimum absolute atomic E-state index is 0.0250. The topological polar surface area (TPSA) is 134 Å². The van der Waals surface area contributed by atoms with Crippen LogP contribution in [0.5, 0.6) is 0 Å². The number of aromatic carboxylic acids is 1. The number of aromatic amines is 1. The Morgan fingerprint density at radius 1 is 1.24 bits per heavy atom. The van der Waals surface area contributed by atoms with E-state index >= 15 is 0 Å². The van der Waals surface area contributed by atoms with E-state index in [4.69, 9.17) is 0 Å². The van der Waals surface area contributed by atoms with Crippen LogP contribution in [0.3, 0.4) is 0 Å². The third-order valence-electron chi connectivity index (χ3n) is 3.41. The molecule has 0 spiro atoms. The number of pyridine rings is 1. The molecule has 3 aromatic rings. The van der Waals surface area contributed by atoms with Crippen molar-refractivity contribution in [1.82, 2.24) is 24.7 Å². The highest BCUT2D eigenvalue weighted by Crippen LogP contribution is 2.15. The summed E-state index contributed by atoms with van der Waals surface area (Å²) >= 11 is 0. The highest BCUT2D eigenvalue weighted by molar-refractivity contribution is 6.08. The molecule has 0 aliphatic carbocycles. The predicted octanol–water partition coefficient (Wildman–Crippen LogP) is 1.53. The van der Waals surface area contributed by atoms with Gasteiger partial charge in [-0.2, -0.15) is 5.10 Å². The van der Waals surface area contributed by atoms with Gasteiger partial charge in [0.05, 0.1) is 0 Å². The van der Waals surface area contributed by atoms with Crippen LogP contribution in [0.15, 0.2) is 49.2 Å². The molecule has 0 unspecified atom stereocenters. The monoisotopic (exact) mass is 339 g/mol. The second-order valence-corrected chi connectivity index (χ2v) is 5.12. The maximum Gasteiger partial charge on any atom is 0.352 e. The second-order valence-electron chi connectivity index (χ2n) is 5.12. The van der Waals surface area contributed by atoms with Crippen molar-refractivity contribution in [2.75, 3.05) is 0 Å². The minimum Gasteiger partial charge on any atom is -0.504 e. The molecule has 0 bridgehead atoms. The zero-order valence-electron chi connectivity index (χ0n) is 12.8. The third-order valence-corrected chi connectivity index (χ3v) is 3.41. The van der Waals surface area contributed by atoms with Gasteiger partial charge in [-0.15, -0.1) is 0 Å². The molecule has 3 N–H and O–H groups in total. The van der Waals surface area contributed by atoms with Gasteiger partial charge >= 0.3 is 5.97 Å². The molecule has 0 saturated carbocycles. The summed E-state index contributed by atoms with van der Waals surface area (Å²) in [7, 11) is 0. The molecule has 3 rings (SSSR count). The number of carboxylic acids is 1. The Morgan fingerprint density at radius 2 is 2.00 bits per heavy atom. The number of aliphatic hydroxyl groups excluding tert-OH is 1. The lowest BCUT2D eigenvalue weighted by molar-refractivity contribution is 0.0685. The lowest BCUT2D eigenvalue weighted by Crippen LogP contribution is -2.08. The van der Waals surface area contributed by atoms with Crippen LogP contribution in [0.1, 0.15) is 32.2 Å². The first-order chi connectivity index (χ1) is 12.0. The number of ketones is 1. The van der Waals surface area contributed by atoms with Gasteiger partial charge in [-0.3, -0.25) is 14.9 Å². The van der Waals surface area contributed by atoms with E-state index in [1.54, 1.807) is 24.5 Å². The zero-order valence-corrected chi connectivity index (χ0v) is 12.8. The molecular weight excluding hydrogens is 326 g/mol. The van der Waals surface area contributed by atoms with Gasteiger partial charge in [0.1, 0.15) is 12.0 Å². The van der Waals surface area contributed by atoms with Crippen LogP contribution in [0.2, 0.25) is 0 Å². The van der Waals surface area contributed by atoms with Crippen LogP contribution in [-0.2, 0) is 6.54 Å². The number of hydrogen-bond acceptors (Lipinski definition) is 6. The number of allylic oxidation sites excluding steroid dienone is 1. The number of nitrogens with one attached hydrogen (secondary N) is 1. The number of aromatic nitrogens is 5. The molecule has 3 heterocycles. The van der Waals surface area contributed by atoms with Crippen molar-refractivity contribution in [1.29, 1.82) is 0 Å². The number of rotatable bonds is 6. The Balaban J connectivity index is 1.90. The van der Waals surface area contributed by atoms with Gasteiger partial charge in [-0.1, -0.05) is 0 Å². The molecule has 0 aliphatic heterocycles. The molecule has 0 radical (unpaired) electrons. The van der Waals surface area contributed by atoms with Crippen LogP contribution in [0.25, 0.3) is 5.76 Å². The first-order valence-electron chi connectivity index (χ1n) is 7.18. The number of carbonyl (C=O) groups is 2. The minimum atomic E-state index is -1.16. The fraction of sp³-hybridized carbons (Fsp3) is 0.0625. The normalized spacial score (nSPS) is 11.4. The fourth-order valence-corrected chi connectivity index (χ4v) is 2.24. The average molecular weight is 339 g/mol. The average Bonchev–Trinajstić information content (AvgIpc) is 3.25. The van der Waals surface area contributed by atoms with Crippen molar-refractivity contribution >= 4 is 17.5 Å². The smallest absolute Gasteiger partial charge is 0.352 e. The SMILES string of the molecule is O=C(C=C(O)c1nc[nH]n1)c1cc(C(=O)O)n(Cc2ccncc2)c1. The molecule has 0 aromatic carbocycles. The van der Waals surface area contributed by atoms with Crippen molar-refractivity contribution in [2.24, 2.45) is 0 Å². The molecule has 9 nitrogen and oxygen atoms in total. The Morgan fingerprint density at radius 3 is 2.64 bits per heavy atom. The third kappa shape index (κ3) is 3.61. The Labute approximate surface area is 141 Å². The lowest BCUT2D eigenvalue weighted by Gasteiger charge is -2.05. The lowest BCUT2D eigenvalue weighted by atomic mass is 10.2. The summed E-state index contributed by atoms with van der Waals surface area (Å²) in [5.41, 5.74) is 0.936. The summed E-state index contributed by atoms with van der Waals surface area (Å²) < 4.78 is 1.45. The van der Waals surface area contributed by atoms with Crippen LogP contribution >= 0.6 is 0 Å². The van der Waals surface area contributed by atoms with E-state index in [0.29, 0.717) is 0 Å². The van der Waals surface area contributed by atoms with Gasteiger partial charge in [-0.05, 0) is 23.8 Å². The molecule has 0 fully saturated rings. The van der Waals surface area contributed by atoms with Crippen LogP contribution in [-0.4, -0.2) is 46.7 Å². The highest BCUT2D eigenvalue weighted by Gasteiger charge is 2.17. The molecule has 126 valence electrons. The van der Waals surface area contributed by atoms with E-state index in [-0.39, 0.29) is 23.6 Å². The van der Waals surface area contributed by atoms with E-state index in [1.807, 2.05) is 0 Å². The van der Waals surface area contributed by atoms with Crippen LogP contribution in [0.4, 0.5) is 0 Å². The summed E-state index contributed by atoms with van der Waals surface area (Å²) in [6.07, 6.45) is 6.83. The molecular formula is C16H13N5O4. The van der Waals surface area contributed by atoms with E-state index < -0.39 is 17.5 Å². The van der Waals surface area contributed by atoms with E-state index in [0.717, 1.165) is 11.6 Å². The van der Waals surface area contributed by atoms with Gasteiger partial charge in [0.2, 0.25) is 5.82 Å². The van der Waals surface area contributed by atoms with Gasteiger partial charge in [-0.25, -0.2) is 9.78 Å². The first kappa shape index (κ1) is 16.1. The van der Waals surface area contributed by atoms with Crippen molar-refractivity contribution in [3.63, 3.8) is 0 Å². The predicted molar refractivity (Wildman–Crippen MR) is 86.0 cm³/mol. The number of carbonyl (C=O) groups excluding carboxylic acids is 1. The molecule has 0 amide bonds. The largest absolute Gasteiger partial charge is 0.504 e. The second kappa shape index (κ2) is 6.79. The standard InChI is InChI=1S/C16H13N5O4/c22-13(6-14(23)15-18-9-19-20-15)11-5-12(16(24)25)21(8-11)7-10-1-3-17-4-2-10/h1-6,8-9,23H,7H2,(H,24,25)(H,18,19,20). The van der Waals surface area contributed by atoms with E-state index in [1.165, 1.54) is 23.2 Å². The molecule has 3 aromatic heterocycles. The summed E-state index contributed by atoms with van der Waals surface area (Å²) in [6, 6.07) is 4.76.